The highest BCUT2D eigenvalue weighted by Gasteiger charge is 2.31. The third-order valence-corrected chi connectivity index (χ3v) is 4.48. The van der Waals surface area contributed by atoms with Gasteiger partial charge in [0.15, 0.2) is 6.29 Å². The number of aryl methyl sites for hydroxylation is 1. The minimum absolute atomic E-state index is 0.255. The van der Waals surface area contributed by atoms with Gasteiger partial charge in [0.2, 0.25) is 5.91 Å². The van der Waals surface area contributed by atoms with E-state index >= 15 is 0 Å². The Hall–Kier alpha value is -1.89. The number of hydrogen-bond acceptors (Lipinski definition) is 5. The van der Waals surface area contributed by atoms with Crippen LogP contribution in [-0.2, 0) is 30.2 Å². The maximum atomic E-state index is 12.7. The molecule has 0 spiro atoms. The van der Waals surface area contributed by atoms with Crippen molar-refractivity contribution in [1.82, 2.24) is 4.90 Å². The Balaban J connectivity index is 3.60. The van der Waals surface area contributed by atoms with Crippen LogP contribution in [0.1, 0.15) is 45.7 Å². The normalized spacial score (nSPS) is 12.8. The molecule has 0 radical (unpaired) electrons. The van der Waals surface area contributed by atoms with E-state index < -0.39 is 18.3 Å². The summed E-state index contributed by atoms with van der Waals surface area (Å²) in [6.07, 6.45) is 1.35. The molecule has 1 unspecified atom stereocenters. The summed E-state index contributed by atoms with van der Waals surface area (Å²) in [6.45, 7) is 9.81. The van der Waals surface area contributed by atoms with E-state index in [0.29, 0.717) is 35.9 Å². The van der Waals surface area contributed by atoms with Crippen molar-refractivity contribution in [3.05, 3.63) is 40.4 Å². The van der Waals surface area contributed by atoms with E-state index in [2.05, 4.69) is 0 Å². The highest BCUT2D eigenvalue weighted by atomic mass is 35.5. The van der Waals surface area contributed by atoms with E-state index in [0.717, 1.165) is 5.56 Å². The fourth-order valence-electron chi connectivity index (χ4n) is 3.00. The highest BCUT2D eigenvalue weighted by molar-refractivity contribution is 6.30. The molecule has 0 heterocycles. The van der Waals surface area contributed by atoms with Gasteiger partial charge in [0, 0.05) is 36.8 Å². The van der Waals surface area contributed by atoms with Crippen LogP contribution in [0.2, 0.25) is 5.02 Å². The quantitative estimate of drug-likeness (QED) is 0.330. The molecule has 28 heavy (non-hydrogen) atoms. The van der Waals surface area contributed by atoms with Crippen LogP contribution in [0.5, 0.6) is 0 Å². The molecule has 1 amide bonds. The number of benzene rings is 1. The average Bonchev–Trinajstić information content (AvgIpc) is 2.66. The zero-order valence-corrected chi connectivity index (χ0v) is 18.2. The third-order valence-electron chi connectivity index (χ3n) is 4.25. The van der Waals surface area contributed by atoms with Gasteiger partial charge in [-0.05, 0) is 44.9 Å². The van der Waals surface area contributed by atoms with Crippen molar-refractivity contribution in [3.8, 4) is 0 Å². The first-order chi connectivity index (χ1) is 13.3. The van der Waals surface area contributed by atoms with Crippen LogP contribution in [0.4, 0.5) is 0 Å². The van der Waals surface area contributed by atoms with E-state index in [4.69, 9.17) is 25.8 Å². The molecule has 0 saturated heterocycles. The molecule has 0 bridgehead atoms. The van der Waals surface area contributed by atoms with Gasteiger partial charge in [0.25, 0.3) is 0 Å². The smallest absolute Gasteiger partial charge is 0.332 e. The number of amides is 1. The van der Waals surface area contributed by atoms with Crippen LogP contribution >= 0.6 is 11.6 Å². The summed E-state index contributed by atoms with van der Waals surface area (Å²) in [4.78, 5) is 26.3. The van der Waals surface area contributed by atoms with Gasteiger partial charge in [-0.15, -0.1) is 0 Å². The van der Waals surface area contributed by atoms with Crippen molar-refractivity contribution in [3.63, 3.8) is 0 Å². The second-order valence-electron chi connectivity index (χ2n) is 6.12. The molecule has 0 aromatic heterocycles. The van der Waals surface area contributed by atoms with Crippen LogP contribution in [0.3, 0.4) is 0 Å². The van der Waals surface area contributed by atoms with Crippen LogP contribution in [0, 0.1) is 0 Å². The molecule has 0 N–H and O–H groups in total. The summed E-state index contributed by atoms with van der Waals surface area (Å²) in [5.41, 5.74) is 2.03. The highest BCUT2D eigenvalue weighted by Crippen LogP contribution is 2.30. The second kappa shape index (κ2) is 11.8. The maximum absolute atomic E-state index is 12.7. The molecule has 1 aromatic carbocycles. The fourth-order valence-corrected chi connectivity index (χ4v) is 3.17. The Morgan fingerprint density at radius 3 is 2.25 bits per heavy atom. The molecule has 1 atom stereocenters. The third kappa shape index (κ3) is 6.33. The molecule has 6 nitrogen and oxygen atoms in total. The lowest BCUT2D eigenvalue weighted by atomic mass is 10.00. The van der Waals surface area contributed by atoms with Crippen molar-refractivity contribution >= 4 is 29.2 Å². The summed E-state index contributed by atoms with van der Waals surface area (Å²) in [7, 11) is 1.29. The van der Waals surface area contributed by atoms with E-state index in [1.165, 1.54) is 25.0 Å². The van der Waals surface area contributed by atoms with Crippen molar-refractivity contribution in [2.24, 2.45) is 0 Å². The number of methoxy groups -OCH3 is 1. The summed E-state index contributed by atoms with van der Waals surface area (Å²) in [5.74, 6) is -0.825. The Morgan fingerprint density at radius 1 is 1.18 bits per heavy atom. The molecule has 0 aliphatic carbocycles. The summed E-state index contributed by atoms with van der Waals surface area (Å²) < 4.78 is 16.2. The predicted octanol–water partition coefficient (Wildman–Crippen LogP) is 4.05. The van der Waals surface area contributed by atoms with Gasteiger partial charge in [-0.25, -0.2) is 4.79 Å². The summed E-state index contributed by atoms with van der Waals surface area (Å²) in [6, 6.07) is 4.92. The Labute approximate surface area is 172 Å². The zero-order valence-electron chi connectivity index (χ0n) is 17.5. The molecular formula is C21H30ClNO5. The molecule has 0 saturated carbocycles. The van der Waals surface area contributed by atoms with Gasteiger partial charge in [-0.3, -0.25) is 4.79 Å². The minimum atomic E-state index is -0.649. The largest absolute Gasteiger partial charge is 0.466 e. The molecule has 0 aliphatic heterocycles. The van der Waals surface area contributed by atoms with Crippen molar-refractivity contribution in [1.29, 1.82) is 0 Å². The lowest BCUT2D eigenvalue weighted by Gasteiger charge is -2.35. The minimum Gasteiger partial charge on any atom is -0.466 e. The molecule has 156 valence electrons. The predicted molar refractivity (Wildman–Crippen MR) is 110 cm³/mol. The first kappa shape index (κ1) is 24.1. The van der Waals surface area contributed by atoms with E-state index in [9.17, 15) is 9.59 Å². The monoisotopic (exact) mass is 411 g/mol. The van der Waals surface area contributed by atoms with Gasteiger partial charge < -0.3 is 19.1 Å². The molecule has 0 aliphatic rings. The first-order valence-corrected chi connectivity index (χ1v) is 9.79. The van der Waals surface area contributed by atoms with Crippen LogP contribution < -0.4 is 0 Å². The zero-order chi connectivity index (χ0) is 21.3. The van der Waals surface area contributed by atoms with Gasteiger partial charge >= 0.3 is 5.97 Å². The van der Waals surface area contributed by atoms with Crippen LogP contribution in [0.25, 0.3) is 5.70 Å². The number of nitrogens with zero attached hydrogens (tertiary/aromatic N) is 1. The number of hydrogen-bond donors (Lipinski definition) is 0. The molecular weight excluding hydrogens is 382 g/mol. The van der Waals surface area contributed by atoms with Crippen molar-refractivity contribution < 1.29 is 23.8 Å². The number of halogens is 1. The van der Waals surface area contributed by atoms with E-state index in [1.807, 2.05) is 33.8 Å². The van der Waals surface area contributed by atoms with Gasteiger partial charge in [0.1, 0.15) is 0 Å². The van der Waals surface area contributed by atoms with Crippen molar-refractivity contribution in [2.75, 3.05) is 20.3 Å². The molecule has 1 aromatic rings. The Morgan fingerprint density at radius 2 is 1.79 bits per heavy atom. The van der Waals surface area contributed by atoms with E-state index in [1.54, 1.807) is 12.1 Å². The number of ether oxygens (including phenoxy) is 3. The maximum Gasteiger partial charge on any atom is 0.332 e. The van der Waals surface area contributed by atoms with Gasteiger partial charge in [0.05, 0.1) is 18.8 Å². The first-order valence-electron chi connectivity index (χ1n) is 9.41. The SMILES string of the molecule is CCOC(OCC)C(C)N(C(C)=O)C(=CC(=O)OC)c1cc(Cl)ccc1CC. The summed E-state index contributed by atoms with van der Waals surface area (Å²) >= 11 is 6.22. The van der Waals surface area contributed by atoms with Crippen LogP contribution in [-0.4, -0.2) is 49.4 Å². The van der Waals surface area contributed by atoms with Crippen LogP contribution in [0.15, 0.2) is 24.3 Å². The Kier molecular flexibility index (Phi) is 10.2. The topological polar surface area (TPSA) is 65.1 Å². The molecule has 7 heteroatoms. The second-order valence-corrected chi connectivity index (χ2v) is 6.55. The molecule has 1 rings (SSSR count). The summed E-state index contributed by atoms with van der Waals surface area (Å²) in [5, 5.41) is 0.505. The molecule has 0 fully saturated rings. The van der Waals surface area contributed by atoms with E-state index in [-0.39, 0.29) is 5.91 Å². The number of rotatable bonds is 10. The standard InChI is InChI=1S/C21H30ClNO5/c1-7-16-10-11-17(22)12-18(16)19(13-20(25)26-6)23(15(5)24)14(4)21(27-8-2)28-9-3/h10-14,21H,7-9H2,1-6H3. The van der Waals surface area contributed by atoms with Gasteiger partial charge in [-0.2, -0.15) is 0 Å². The van der Waals surface area contributed by atoms with Crippen molar-refractivity contribution in [2.45, 2.75) is 53.4 Å². The number of esters is 1. The van der Waals surface area contributed by atoms with Gasteiger partial charge in [-0.1, -0.05) is 24.6 Å². The Bertz CT molecular complexity index is 698. The fraction of sp³-hybridized carbons (Fsp3) is 0.524. The number of carbonyl (C=O) groups is 2. The average molecular weight is 412 g/mol. The number of carbonyl (C=O) groups excluding carboxylic acids is 2. The lowest BCUT2D eigenvalue weighted by molar-refractivity contribution is -0.170. The lowest BCUT2D eigenvalue weighted by Crippen LogP contribution is -2.45.